The first-order valence-electron chi connectivity index (χ1n) is 3.92. The predicted molar refractivity (Wildman–Crippen MR) is 41.2 cm³/mol. The van der Waals surface area contributed by atoms with E-state index in [9.17, 15) is 14.4 Å². The minimum Gasteiger partial charge on any atom is -0.301 e. The molecule has 1 saturated heterocycles. The molecular weight excluding hydrogens is 158 g/mol. The van der Waals surface area contributed by atoms with E-state index in [1.54, 1.807) is 0 Å². The second-order valence-electron chi connectivity index (χ2n) is 3.08. The number of carbonyl (C=O) groups excluding carboxylic acids is 3. The van der Waals surface area contributed by atoms with Crippen LogP contribution >= 0.6 is 0 Å². The molecule has 0 spiro atoms. The van der Waals surface area contributed by atoms with E-state index < -0.39 is 0 Å². The fourth-order valence-electron chi connectivity index (χ4n) is 1.31. The van der Waals surface area contributed by atoms with Crippen molar-refractivity contribution in [1.29, 1.82) is 0 Å². The molecule has 0 unspecified atom stereocenters. The first kappa shape index (κ1) is 8.90. The largest absolute Gasteiger partial charge is 0.301 e. The van der Waals surface area contributed by atoms with E-state index in [1.165, 1.54) is 0 Å². The van der Waals surface area contributed by atoms with Crippen LogP contribution < -0.4 is 0 Å². The third kappa shape index (κ3) is 1.69. The molecule has 0 atom stereocenters. The number of hydrogen-bond donors (Lipinski definition) is 0. The van der Waals surface area contributed by atoms with Crippen LogP contribution in [0.4, 0.5) is 0 Å². The second kappa shape index (κ2) is 3.47. The van der Waals surface area contributed by atoms with E-state index in [2.05, 4.69) is 0 Å². The molecule has 0 N–H and O–H groups in total. The number of nitrogens with zero attached hydrogens (tertiary/aromatic N) is 1. The molecule has 1 aliphatic rings. The Morgan fingerprint density at radius 2 is 1.92 bits per heavy atom. The van der Waals surface area contributed by atoms with E-state index in [0.29, 0.717) is 19.1 Å². The topological polar surface area (TPSA) is 54.5 Å². The van der Waals surface area contributed by atoms with E-state index in [4.69, 9.17) is 0 Å². The van der Waals surface area contributed by atoms with Gasteiger partial charge < -0.3 is 4.79 Å². The van der Waals surface area contributed by atoms with E-state index >= 15 is 0 Å². The lowest BCUT2D eigenvalue weighted by molar-refractivity contribution is -0.150. The smallest absolute Gasteiger partial charge is 0.229 e. The van der Waals surface area contributed by atoms with Gasteiger partial charge >= 0.3 is 0 Å². The number of carbonyl (C=O) groups is 3. The van der Waals surface area contributed by atoms with Gasteiger partial charge in [-0.2, -0.15) is 0 Å². The first-order chi connectivity index (χ1) is 5.65. The number of rotatable bonds is 2. The van der Waals surface area contributed by atoms with Crippen molar-refractivity contribution in [2.75, 3.05) is 6.54 Å². The van der Waals surface area contributed by atoms with E-state index in [1.807, 2.05) is 6.92 Å². The summed E-state index contributed by atoms with van der Waals surface area (Å²) in [5.41, 5.74) is 0. The molecule has 0 aromatic rings. The molecular formula is C8H11NO3. The van der Waals surface area contributed by atoms with E-state index in [0.717, 1.165) is 4.90 Å². The van der Waals surface area contributed by atoms with Gasteiger partial charge in [-0.15, -0.1) is 0 Å². The van der Waals surface area contributed by atoms with Gasteiger partial charge in [0.05, 0.1) is 6.54 Å². The third-order valence-corrected chi connectivity index (χ3v) is 1.91. The second-order valence-corrected chi connectivity index (χ2v) is 3.08. The Labute approximate surface area is 70.5 Å². The van der Waals surface area contributed by atoms with Crippen molar-refractivity contribution in [3.05, 3.63) is 0 Å². The molecule has 66 valence electrons. The summed E-state index contributed by atoms with van der Waals surface area (Å²) in [5.74, 6) is -0.343. The highest BCUT2D eigenvalue weighted by Crippen LogP contribution is 2.17. The summed E-state index contributed by atoms with van der Waals surface area (Å²) in [6.45, 7) is 1.76. The molecule has 0 bridgehead atoms. The lowest BCUT2D eigenvalue weighted by atomic mass is 9.98. The number of aldehydes is 1. The summed E-state index contributed by atoms with van der Waals surface area (Å²) < 4.78 is 0. The number of amides is 2. The highest BCUT2D eigenvalue weighted by atomic mass is 16.2. The van der Waals surface area contributed by atoms with Crippen molar-refractivity contribution >= 4 is 18.1 Å². The third-order valence-electron chi connectivity index (χ3n) is 1.91. The molecule has 0 aromatic heterocycles. The molecule has 0 aromatic carbocycles. The fraction of sp³-hybridized carbons (Fsp3) is 0.625. The number of imide groups is 1. The Bertz CT molecular complexity index is 206. The van der Waals surface area contributed by atoms with Gasteiger partial charge in [0, 0.05) is 12.8 Å². The average Bonchev–Trinajstić information content (AvgIpc) is 1.96. The van der Waals surface area contributed by atoms with Crippen molar-refractivity contribution in [1.82, 2.24) is 4.90 Å². The van der Waals surface area contributed by atoms with Gasteiger partial charge in [-0.3, -0.25) is 14.5 Å². The summed E-state index contributed by atoms with van der Waals surface area (Å²) in [4.78, 5) is 33.4. The molecule has 1 fully saturated rings. The fourth-order valence-corrected chi connectivity index (χ4v) is 1.31. The molecule has 0 saturated carbocycles. The highest BCUT2D eigenvalue weighted by Gasteiger charge is 2.29. The Morgan fingerprint density at radius 1 is 1.42 bits per heavy atom. The van der Waals surface area contributed by atoms with Crippen molar-refractivity contribution < 1.29 is 14.4 Å². The monoisotopic (exact) mass is 169 g/mol. The quantitative estimate of drug-likeness (QED) is 0.431. The molecule has 2 amide bonds. The Balaban J connectivity index is 2.66. The van der Waals surface area contributed by atoms with Crippen LogP contribution in [0.15, 0.2) is 0 Å². The maximum absolute atomic E-state index is 11.2. The maximum atomic E-state index is 11.2. The lowest BCUT2D eigenvalue weighted by Gasteiger charge is -2.26. The first-order valence-corrected chi connectivity index (χ1v) is 3.92. The van der Waals surface area contributed by atoms with Gasteiger partial charge in [-0.1, -0.05) is 6.92 Å². The SMILES string of the molecule is CC1CC(=O)N(CC=O)C(=O)C1. The van der Waals surface area contributed by atoms with Crippen LogP contribution in [0.3, 0.4) is 0 Å². The van der Waals surface area contributed by atoms with Gasteiger partial charge in [0.1, 0.15) is 6.29 Å². The van der Waals surface area contributed by atoms with Crippen LogP contribution in [-0.4, -0.2) is 29.5 Å². The minimum absolute atomic E-state index is 0.0929. The van der Waals surface area contributed by atoms with Crippen molar-refractivity contribution in [2.45, 2.75) is 19.8 Å². The normalized spacial score (nSPS) is 19.9. The Morgan fingerprint density at radius 3 is 2.33 bits per heavy atom. The molecule has 1 heterocycles. The maximum Gasteiger partial charge on any atom is 0.229 e. The molecule has 0 radical (unpaired) electrons. The van der Waals surface area contributed by atoms with Crippen LogP contribution in [0.2, 0.25) is 0 Å². The van der Waals surface area contributed by atoms with E-state index in [-0.39, 0.29) is 24.3 Å². The van der Waals surface area contributed by atoms with Crippen LogP contribution in [-0.2, 0) is 14.4 Å². The number of likely N-dealkylation sites (tertiary alicyclic amines) is 1. The van der Waals surface area contributed by atoms with Crippen LogP contribution in [0, 0.1) is 5.92 Å². The Hall–Kier alpha value is -1.19. The predicted octanol–water partition coefficient (Wildman–Crippen LogP) is -0.0296. The molecule has 1 rings (SSSR count). The van der Waals surface area contributed by atoms with Crippen molar-refractivity contribution in [3.8, 4) is 0 Å². The zero-order valence-corrected chi connectivity index (χ0v) is 6.95. The summed E-state index contributed by atoms with van der Waals surface area (Å²) >= 11 is 0. The van der Waals surface area contributed by atoms with Crippen molar-refractivity contribution in [2.24, 2.45) is 5.92 Å². The highest BCUT2D eigenvalue weighted by molar-refractivity contribution is 5.99. The molecule has 0 aliphatic carbocycles. The summed E-state index contributed by atoms with van der Waals surface area (Å²) in [6.07, 6.45) is 1.32. The van der Waals surface area contributed by atoms with Crippen LogP contribution in [0.1, 0.15) is 19.8 Å². The molecule has 4 nitrogen and oxygen atoms in total. The Kier molecular flexibility index (Phi) is 2.58. The van der Waals surface area contributed by atoms with Gasteiger partial charge in [0.2, 0.25) is 11.8 Å². The number of hydrogen-bond acceptors (Lipinski definition) is 3. The lowest BCUT2D eigenvalue weighted by Crippen LogP contribution is -2.43. The van der Waals surface area contributed by atoms with Crippen LogP contribution in [0.25, 0.3) is 0 Å². The summed E-state index contributed by atoms with van der Waals surface area (Å²) in [7, 11) is 0. The number of piperidine rings is 1. The molecule has 1 aliphatic heterocycles. The van der Waals surface area contributed by atoms with Gasteiger partial charge in [0.15, 0.2) is 0 Å². The zero-order valence-electron chi connectivity index (χ0n) is 6.95. The van der Waals surface area contributed by atoms with Crippen molar-refractivity contribution in [3.63, 3.8) is 0 Å². The van der Waals surface area contributed by atoms with Crippen LogP contribution in [0.5, 0.6) is 0 Å². The standard InChI is InChI=1S/C8H11NO3/c1-6-4-7(11)9(2-3-10)8(12)5-6/h3,6H,2,4-5H2,1H3. The zero-order chi connectivity index (χ0) is 9.14. The molecule has 12 heavy (non-hydrogen) atoms. The minimum atomic E-state index is -0.231. The average molecular weight is 169 g/mol. The van der Waals surface area contributed by atoms with Gasteiger partial charge in [0.25, 0.3) is 0 Å². The molecule has 4 heteroatoms. The van der Waals surface area contributed by atoms with Gasteiger partial charge in [-0.05, 0) is 5.92 Å². The summed E-state index contributed by atoms with van der Waals surface area (Å²) in [5, 5.41) is 0. The summed E-state index contributed by atoms with van der Waals surface area (Å²) in [6, 6.07) is 0. The van der Waals surface area contributed by atoms with Gasteiger partial charge in [-0.25, -0.2) is 0 Å².